The van der Waals surface area contributed by atoms with Crippen LogP contribution in [0.5, 0.6) is 0 Å². The first-order chi connectivity index (χ1) is 14.4. The third-order valence-electron chi connectivity index (χ3n) is 4.68. The predicted octanol–water partition coefficient (Wildman–Crippen LogP) is 5.56. The Morgan fingerprint density at radius 3 is 2.60 bits per heavy atom. The molecule has 0 aromatic heterocycles. The van der Waals surface area contributed by atoms with Crippen LogP contribution in [0.1, 0.15) is 37.8 Å². The molecule has 0 bridgehead atoms. The van der Waals surface area contributed by atoms with Crippen molar-refractivity contribution in [3.8, 4) is 0 Å². The SMILES string of the molecule is CCCCNC(=O)[C@H](C)N(Cc1ccccc1Cl)C(=O)CSCc1cccc(Cl)c1. The van der Waals surface area contributed by atoms with Crippen LogP contribution in [0.4, 0.5) is 0 Å². The normalized spacial score (nSPS) is 11.7. The van der Waals surface area contributed by atoms with E-state index in [0.717, 1.165) is 24.0 Å². The van der Waals surface area contributed by atoms with E-state index in [0.29, 0.717) is 28.9 Å². The molecule has 1 N–H and O–H groups in total. The minimum absolute atomic E-state index is 0.0971. The topological polar surface area (TPSA) is 49.4 Å². The van der Waals surface area contributed by atoms with Crippen molar-refractivity contribution in [2.45, 2.75) is 45.0 Å². The quantitative estimate of drug-likeness (QED) is 0.440. The van der Waals surface area contributed by atoms with Crippen LogP contribution < -0.4 is 5.32 Å². The molecular formula is C23H28Cl2N2O2S. The first-order valence-electron chi connectivity index (χ1n) is 10.0. The van der Waals surface area contributed by atoms with Crippen LogP contribution in [-0.4, -0.2) is 35.1 Å². The molecule has 0 aliphatic heterocycles. The molecule has 0 spiro atoms. The number of unbranched alkanes of at least 4 members (excludes halogenated alkanes) is 1. The lowest BCUT2D eigenvalue weighted by Gasteiger charge is -2.29. The molecule has 2 amide bonds. The van der Waals surface area contributed by atoms with Crippen molar-refractivity contribution in [2.24, 2.45) is 0 Å². The zero-order valence-corrected chi connectivity index (χ0v) is 19.7. The van der Waals surface area contributed by atoms with Gasteiger partial charge >= 0.3 is 0 Å². The van der Waals surface area contributed by atoms with Gasteiger partial charge in [-0.25, -0.2) is 0 Å². The van der Waals surface area contributed by atoms with Gasteiger partial charge in [0.15, 0.2) is 0 Å². The number of nitrogens with one attached hydrogen (secondary N) is 1. The van der Waals surface area contributed by atoms with E-state index in [1.807, 2.05) is 42.5 Å². The second-order valence-electron chi connectivity index (χ2n) is 7.06. The van der Waals surface area contributed by atoms with E-state index in [-0.39, 0.29) is 17.6 Å². The average molecular weight is 467 g/mol. The Bertz CT molecular complexity index is 847. The summed E-state index contributed by atoms with van der Waals surface area (Å²) in [5.41, 5.74) is 1.88. The molecule has 7 heteroatoms. The Hall–Kier alpha value is -1.69. The molecule has 4 nitrogen and oxygen atoms in total. The maximum absolute atomic E-state index is 13.0. The molecule has 0 unspecified atom stereocenters. The molecule has 0 saturated carbocycles. The fraction of sp³-hybridized carbons (Fsp3) is 0.391. The van der Waals surface area contributed by atoms with Gasteiger partial charge in [0.2, 0.25) is 11.8 Å². The molecule has 1 atom stereocenters. The van der Waals surface area contributed by atoms with Gasteiger partial charge in [0.05, 0.1) is 5.75 Å². The second kappa shape index (κ2) is 12.9. The molecular weight excluding hydrogens is 439 g/mol. The maximum Gasteiger partial charge on any atom is 0.242 e. The van der Waals surface area contributed by atoms with Gasteiger partial charge in [-0.2, -0.15) is 0 Å². The van der Waals surface area contributed by atoms with Crippen LogP contribution in [0.3, 0.4) is 0 Å². The monoisotopic (exact) mass is 466 g/mol. The third kappa shape index (κ3) is 7.86. The Kier molecular flexibility index (Phi) is 10.6. The van der Waals surface area contributed by atoms with Crippen LogP contribution >= 0.6 is 35.0 Å². The van der Waals surface area contributed by atoms with Gasteiger partial charge in [0.1, 0.15) is 6.04 Å². The molecule has 2 aromatic carbocycles. The number of hydrogen-bond donors (Lipinski definition) is 1. The number of carbonyl (C=O) groups excluding carboxylic acids is 2. The zero-order valence-electron chi connectivity index (χ0n) is 17.4. The van der Waals surface area contributed by atoms with E-state index in [9.17, 15) is 9.59 Å². The van der Waals surface area contributed by atoms with E-state index in [1.54, 1.807) is 17.9 Å². The molecule has 0 saturated heterocycles. The summed E-state index contributed by atoms with van der Waals surface area (Å²) in [5, 5.41) is 4.18. The molecule has 0 fully saturated rings. The molecule has 0 heterocycles. The number of rotatable bonds is 11. The van der Waals surface area contributed by atoms with Crippen LogP contribution in [0.2, 0.25) is 10.0 Å². The van der Waals surface area contributed by atoms with Gasteiger partial charge in [-0.3, -0.25) is 9.59 Å². The molecule has 0 aliphatic carbocycles. The van der Waals surface area contributed by atoms with Crippen LogP contribution in [-0.2, 0) is 21.9 Å². The largest absolute Gasteiger partial charge is 0.354 e. The Morgan fingerprint density at radius 2 is 1.90 bits per heavy atom. The highest BCUT2D eigenvalue weighted by molar-refractivity contribution is 7.99. The van der Waals surface area contributed by atoms with Gasteiger partial charge in [-0.1, -0.05) is 66.9 Å². The first-order valence-corrected chi connectivity index (χ1v) is 12.0. The fourth-order valence-corrected chi connectivity index (χ4v) is 4.16. The smallest absolute Gasteiger partial charge is 0.242 e. The summed E-state index contributed by atoms with van der Waals surface area (Å²) in [6.45, 7) is 4.73. The minimum Gasteiger partial charge on any atom is -0.354 e. The number of carbonyl (C=O) groups is 2. The van der Waals surface area contributed by atoms with E-state index < -0.39 is 6.04 Å². The number of halogens is 2. The summed E-state index contributed by atoms with van der Waals surface area (Å²) in [6.07, 6.45) is 1.91. The highest BCUT2D eigenvalue weighted by Gasteiger charge is 2.26. The lowest BCUT2D eigenvalue weighted by molar-refractivity contribution is -0.138. The summed E-state index contributed by atoms with van der Waals surface area (Å²) in [4.78, 5) is 27.3. The molecule has 2 rings (SSSR count). The van der Waals surface area contributed by atoms with Crippen molar-refractivity contribution in [2.75, 3.05) is 12.3 Å². The van der Waals surface area contributed by atoms with E-state index >= 15 is 0 Å². The summed E-state index contributed by atoms with van der Waals surface area (Å²) in [5.74, 6) is 0.691. The highest BCUT2D eigenvalue weighted by atomic mass is 35.5. The molecule has 0 radical (unpaired) electrons. The van der Waals surface area contributed by atoms with E-state index in [4.69, 9.17) is 23.2 Å². The first kappa shape index (κ1) is 24.6. The van der Waals surface area contributed by atoms with Gasteiger partial charge in [0, 0.05) is 28.9 Å². The molecule has 162 valence electrons. The van der Waals surface area contributed by atoms with Crippen molar-refractivity contribution in [1.29, 1.82) is 0 Å². The summed E-state index contributed by atoms with van der Waals surface area (Å²) >= 11 is 13.8. The van der Waals surface area contributed by atoms with Crippen molar-refractivity contribution in [3.63, 3.8) is 0 Å². The predicted molar refractivity (Wildman–Crippen MR) is 127 cm³/mol. The lowest BCUT2D eigenvalue weighted by atomic mass is 10.1. The fourth-order valence-electron chi connectivity index (χ4n) is 2.89. The Balaban J connectivity index is 2.05. The van der Waals surface area contributed by atoms with Gasteiger partial charge in [0.25, 0.3) is 0 Å². The second-order valence-corrected chi connectivity index (χ2v) is 8.89. The van der Waals surface area contributed by atoms with Crippen molar-refractivity contribution < 1.29 is 9.59 Å². The van der Waals surface area contributed by atoms with E-state index in [1.165, 1.54) is 11.8 Å². The van der Waals surface area contributed by atoms with Crippen molar-refractivity contribution >= 4 is 46.8 Å². The van der Waals surface area contributed by atoms with Crippen LogP contribution in [0, 0.1) is 0 Å². The van der Waals surface area contributed by atoms with Gasteiger partial charge in [-0.05, 0) is 42.7 Å². The van der Waals surface area contributed by atoms with Crippen LogP contribution in [0.15, 0.2) is 48.5 Å². The van der Waals surface area contributed by atoms with Crippen molar-refractivity contribution in [3.05, 3.63) is 69.7 Å². The van der Waals surface area contributed by atoms with Gasteiger partial charge in [-0.15, -0.1) is 11.8 Å². The van der Waals surface area contributed by atoms with Crippen molar-refractivity contribution in [1.82, 2.24) is 10.2 Å². The maximum atomic E-state index is 13.0. The number of nitrogens with zero attached hydrogens (tertiary/aromatic N) is 1. The number of amides is 2. The van der Waals surface area contributed by atoms with E-state index in [2.05, 4.69) is 12.2 Å². The zero-order chi connectivity index (χ0) is 21.9. The minimum atomic E-state index is -0.586. The number of benzene rings is 2. The van der Waals surface area contributed by atoms with Crippen LogP contribution in [0.25, 0.3) is 0 Å². The number of hydrogen-bond acceptors (Lipinski definition) is 3. The third-order valence-corrected chi connectivity index (χ3v) is 6.27. The lowest BCUT2D eigenvalue weighted by Crippen LogP contribution is -2.48. The van der Waals surface area contributed by atoms with Gasteiger partial charge < -0.3 is 10.2 Å². The molecule has 30 heavy (non-hydrogen) atoms. The highest BCUT2D eigenvalue weighted by Crippen LogP contribution is 2.21. The summed E-state index contributed by atoms with van der Waals surface area (Å²) in [7, 11) is 0. The Labute approximate surface area is 193 Å². The standard InChI is InChI=1S/C23H28Cl2N2O2S/c1-3-4-12-26-23(29)17(2)27(14-19-9-5-6-11-21(19)25)22(28)16-30-15-18-8-7-10-20(24)13-18/h5-11,13,17H,3-4,12,14-16H2,1-2H3,(H,26,29)/t17-/m0/s1. The summed E-state index contributed by atoms with van der Waals surface area (Å²) < 4.78 is 0. The Morgan fingerprint density at radius 1 is 1.13 bits per heavy atom. The summed E-state index contributed by atoms with van der Waals surface area (Å²) in [6, 6.07) is 14.4. The molecule has 2 aromatic rings. The average Bonchev–Trinajstić information content (AvgIpc) is 2.72. The molecule has 0 aliphatic rings. The number of thioether (sulfide) groups is 1.